The molecule has 2 N–H and O–H groups in total. The molecule has 2 aromatic carbocycles. The van der Waals surface area contributed by atoms with E-state index in [1.807, 2.05) is 18.2 Å². The summed E-state index contributed by atoms with van der Waals surface area (Å²) in [5.41, 5.74) is 3.61. The molecular formula is C21H29N3O. The molecule has 0 amide bonds. The van der Waals surface area contributed by atoms with Crippen molar-refractivity contribution in [1.29, 1.82) is 0 Å². The molecule has 4 nitrogen and oxygen atoms in total. The number of unbranched alkanes of at least 4 members (excludes halogenated alkanes) is 1. The highest BCUT2D eigenvalue weighted by Crippen LogP contribution is 2.08. The van der Waals surface area contributed by atoms with Crippen LogP contribution < -0.4 is 10.6 Å². The van der Waals surface area contributed by atoms with Gasteiger partial charge in [-0.05, 0) is 23.1 Å². The summed E-state index contributed by atoms with van der Waals surface area (Å²) in [5, 5.41) is 6.65. The summed E-state index contributed by atoms with van der Waals surface area (Å²) in [6, 6.07) is 18.7. The zero-order chi connectivity index (χ0) is 17.7. The second-order valence-electron chi connectivity index (χ2n) is 6.00. The van der Waals surface area contributed by atoms with E-state index in [9.17, 15) is 0 Å². The summed E-state index contributed by atoms with van der Waals surface area (Å²) in [6.45, 7) is 5.17. The van der Waals surface area contributed by atoms with Gasteiger partial charge in [0.15, 0.2) is 5.96 Å². The quantitative estimate of drug-likeness (QED) is 0.414. The van der Waals surface area contributed by atoms with Crippen molar-refractivity contribution in [3.63, 3.8) is 0 Å². The molecule has 134 valence electrons. The van der Waals surface area contributed by atoms with E-state index in [4.69, 9.17) is 4.74 Å². The standard InChI is InChI=1S/C21H29N3O/c1-3-4-14-23-21(22-2)24-15-18-10-12-20(13-11-18)17-25-16-19-8-6-5-7-9-19/h5-13H,3-4,14-17H2,1-2H3,(H2,22,23,24). The molecule has 0 unspecified atom stereocenters. The Labute approximate surface area is 151 Å². The molecule has 0 aliphatic carbocycles. The Morgan fingerprint density at radius 2 is 1.52 bits per heavy atom. The molecule has 2 aromatic rings. The van der Waals surface area contributed by atoms with Crippen LogP contribution in [0.1, 0.15) is 36.5 Å². The third kappa shape index (κ3) is 7.40. The van der Waals surface area contributed by atoms with Gasteiger partial charge in [-0.15, -0.1) is 0 Å². The number of aliphatic imine (C=N–C) groups is 1. The van der Waals surface area contributed by atoms with Crippen LogP contribution in [0.2, 0.25) is 0 Å². The molecule has 0 aliphatic heterocycles. The summed E-state index contributed by atoms with van der Waals surface area (Å²) in [6.07, 6.45) is 2.33. The molecule has 0 aromatic heterocycles. The molecule has 0 saturated carbocycles. The zero-order valence-corrected chi connectivity index (χ0v) is 15.3. The van der Waals surface area contributed by atoms with Crippen LogP contribution in [0.15, 0.2) is 59.6 Å². The van der Waals surface area contributed by atoms with Gasteiger partial charge >= 0.3 is 0 Å². The van der Waals surface area contributed by atoms with Crippen molar-refractivity contribution in [2.45, 2.75) is 39.5 Å². The van der Waals surface area contributed by atoms with E-state index < -0.39 is 0 Å². The number of guanidine groups is 1. The Morgan fingerprint density at radius 1 is 0.880 bits per heavy atom. The van der Waals surface area contributed by atoms with E-state index >= 15 is 0 Å². The number of nitrogens with one attached hydrogen (secondary N) is 2. The largest absolute Gasteiger partial charge is 0.372 e. The minimum atomic E-state index is 0.628. The van der Waals surface area contributed by atoms with Crippen molar-refractivity contribution < 1.29 is 4.74 Å². The predicted molar refractivity (Wildman–Crippen MR) is 104 cm³/mol. The molecule has 0 fully saturated rings. The van der Waals surface area contributed by atoms with Gasteiger partial charge < -0.3 is 15.4 Å². The van der Waals surface area contributed by atoms with Crippen LogP contribution in [-0.4, -0.2) is 19.6 Å². The number of hydrogen-bond acceptors (Lipinski definition) is 2. The summed E-state index contributed by atoms with van der Waals surface area (Å²) in [5.74, 6) is 0.851. The van der Waals surface area contributed by atoms with E-state index in [1.165, 1.54) is 23.1 Å². The molecule has 0 aliphatic rings. The molecule has 0 spiro atoms. The molecule has 2 rings (SSSR count). The van der Waals surface area contributed by atoms with Crippen LogP contribution in [0.4, 0.5) is 0 Å². The van der Waals surface area contributed by atoms with Crippen LogP contribution >= 0.6 is 0 Å². The molecule has 0 heterocycles. The summed E-state index contributed by atoms with van der Waals surface area (Å²) >= 11 is 0. The maximum absolute atomic E-state index is 5.77. The monoisotopic (exact) mass is 339 g/mol. The van der Waals surface area contributed by atoms with E-state index in [-0.39, 0.29) is 0 Å². The molecular weight excluding hydrogens is 310 g/mol. The van der Waals surface area contributed by atoms with E-state index in [0.717, 1.165) is 25.5 Å². The van der Waals surface area contributed by atoms with Crippen molar-refractivity contribution in [2.75, 3.05) is 13.6 Å². The Morgan fingerprint density at radius 3 is 2.16 bits per heavy atom. The Kier molecular flexibility index (Phi) is 8.56. The van der Waals surface area contributed by atoms with Crippen LogP contribution in [0.5, 0.6) is 0 Å². The van der Waals surface area contributed by atoms with Gasteiger partial charge in [0.25, 0.3) is 0 Å². The van der Waals surface area contributed by atoms with Gasteiger partial charge in [-0.25, -0.2) is 0 Å². The number of ether oxygens (including phenoxy) is 1. The maximum Gasteiger partial charge on any atom is 0.191 e. The zero-order valence-electron chi connectivity index (χ0n) is 15.3. The molecule has 0 radical (unpaired) electrons. The first kappa shape index (κ1) is 19.0. The average Bonchev–Trinajstić information content (AvgIpc) is 2.66. The van der Waals surface area contributed by atoms with Gasteiger partial charge in [0.2, 0.25) is 0 Å². The first-order valence-corrected chi connectivity index (χ1v) is 8.96. The molecule has 0 atom stereocenters. The van der Waals surface area contributed by atoms with Crippen LogP contribution in [0.3, 0.4) is 0 Å². The molecule has 25 heavy (non-hydrogen) atoms. The highest BCUT2D eigenvalue weighted by atomic mass is 16.5. The Balaban J connectivity index is 1.72. The van der Waals surface area contributed by atoms with Gasteiger partial charge in [0.1, 0.15) is 0 Å². The van der Waals surface area contributed by atoms with Crippen LogP contribution in [0, 0.1) is 0 Å². The summed E-state index contributed by atoms with van der Waals surface area (Å²) in [4.78, 5) is 4.24. The van der Waals surface area contributed by atoms with Gasteiger partial charge in [0, 0.05) is 20.1 Å². The van der Waals surface area contributed by atoms with Crippen LogP contribution in [-0.2, 0) is 24.5 Å². The van der Waals surface area contributed by atoms with Crippen molar-refractivity contribution >= 4 is 5.96 Å². The third-order valence-corrected chi connectivity index (χ3v) is 3.91. The Hall–Kier alpha value is -2.33. The molecule has 4 heteroatoms. The lowest BCUT2D eigenvalue weighted by Gasteiger charge is -2.12. The maximum atomic E-state index is 5.77. The average molecular weight is 339 g/mol. The van der Waals surface area contributed by atoms with E-state index in [2.05, 4.69) is 58.9 Å². The second kappa shape index (κ2) is 11.3. The number of rotatable bonds is 9. The van der Waals surface area contributed by atoms with E-state index in [1.54, 1.807) is 7.05 Å². The van der Waals surface area contributed by atoms with Gasteiger partial charge in [-0.1, -0.05) is 67.9 Å². The highest BCUT2D eigenvalue weighted by molar-refractivity contribution is 5.79. The molecule has 0 saturated heterocycles. The number of hydrogen-bond donors (Lipinski definition) is 2. The molecule has 0 bridgehead atoms. The fourth-order valence-electron chi connectivity index (χ4n) is 2.40. The minimum Gasteiger partial charge on any atom is -0.372 e. The fourth-order valence-corrected chi connectivity index (χ4v) is 2.40. The van der Waals surface area contributed by atoms with Crippen molar-refractivity contribution in [1.82, 2.24) is 10.6 Å². The lowest BCUT2D eigenvalue weighted by molar-refractivity contribution is 0.107. The number of benzene rings is 2. The second-order valence-corrected chi connectivity index (χ2v) is 6.00. The summed E-state index contributed by atoms with van der Waals surface area (Å²) in [7, 11) is 1.80. The fraction of sp³-hybridized carbons (Fsp3) is 0.381. The Bertz CT molecular complexity index is 623. The predicted octanol–water partition coefficient (Wildman–Crippen LogP) is 3.87. The van der Waals surface area contributed by atoms with Crippen molar-refractivity contribution in [3.8, 4) is 0 Å². The lowest BCUT2D eigenvalue weighted by atomic mass is 10.1. The smallest absolute Gasteiger partial charge is 0.191 e. The first-order chi connectivity index (χ1) is 12.3. The van der Waals surface area contributed by atoms with Crippen molar-refractivity contribution in [2.24, 2.45) is 4.99 Å². The van der Waals surface area contributed by atoms with Crippen molar-refractivity contribution in [3.05, 3.63) is 71.3 Å². The van der Waals surface area contributed by atoms with E-state index in [0.29, 0.717) is 13.2 Å². The number of nitrogens with zero attached hydrogens (tertiary/aromatic N) is 1. The SMILES string of the molecule is CCCCNC(=NC)NCc1ccc(COCc2ccccc2)cc1. The highest BCUT2D eigenvalue weighted by Gasteiger charge is 1.99. The first-order valence-electron chi connectivity index (χ1n) is 8.96. The van der Waals surface area contributed by atoms with Gasteiger partial charge in [-0.2, -0.15) is 0 Å². The third-order valence-electron chi connectivity index (χ3n) is 3.91. The lowest BCUT2D eigenvalue weighted by Crippen LogP contribution is -2.37. The normalized spacial score (nSPS) is 11.4. The minimum absolute atomic E-state index is 0.628. The van der Waals surface area contributed by atoms with Gasteiger partial charge in [-0.3, -0.25) is 4.99 Å². The van der Waals surface area contributed by atoms with Gasteiger partial charge in [0.05, 0.1) is 13.2 Å². The van der Waals surface area contributed by atoms with Crippen LogP contribution in [0.25, 0.3) is 0 Å². The topological polar surface area (TPSA) is 45.7 Å². The summed E-state index contributed by atoms with van der Waals surface area (Å²) < 4.78 is 5.77.